The van der Waals surface area contributed by atoms with Crippen LogP contribution in [0.25, 0.3) is 0 Å². The molecular formula is C24H30N2O5. The van der Waals surface area contributed by atoms with Gasteiger partial charge < -0.3 is 24.7 Å². The van der Waals surface area contributed by atoms with Gasteiger partial charge in [0.2, 0.25) is 5.91 Å². The van der Waals surface area contributed by atoms with E-state index in [9.17, 15) is 19.8 Å². The van der Waals surface area contributed by atoms with Gasteiger partial charge in [0.25, 0.3) is 5.91 Å². The molecule has 0 spiro atoms. The number of ether oxygens (including phenoxy) is 1. The van der Waals surface area contributed by atoms with Gasteiger partial charge in [0.05, 0.1) is 6.61 Å². The van der Waals surface area contributed by atoms with Gasteiger partial charge in [-0.3, -0.25) is 9.59 Å². The van der Waals surface area contributed by atoms with Gasteiger partial charge in [0, 0.05) is 44.2 Å². The van der Waals surface area contributed by atoms with E-state index in [1.165, 1.54) is 18.2 Å². The Hall–Kier alpha value is -3.22. The zero-order chi connectivity index (χ0) is 22.4. The largest absolute Gasteiger partial charge is 0.508 e. The summed E-state index contributed by atoms with van der Waals surface area (Å²) in [6.07, 6.45) is 1.72. The summed E-state index contributed by atoms with van der Waals surface area (Å²) in [6, 6.07) is 9.88. The minimum absolute atomic E-state index is 0.0643. The molecule has 7 nitrogen and oxygen atoms in total. The lowest BCUT2D eigenvalue weighted by atomic mass is 10.1. The normalized spacial score (nSPS) is 14.3. The maximum absolute atomic E-state index is 12.7. The Bertz CT molecular complexity index is 903. The van der Waals surface area contributed by atoms with E-state index in [-0.39, 0.29) is 28.9 Å². The molecule has 2 aromatic carbocycles. The third-order valence-electron chi connectivity index (χ3n) is 5.48. The maximum Gasteiger partial charge on any atom is 0.254 e. The van der Waals surface area contributed by atoms with Crippen molar-refractivity contribution in [2.45, 2.75) is 33.1 Å². The summed E-state index contributed by atoms with van der Waals surface area (Å²) in [4.78, 5) is 28.8. The highest BCUT2D eigenvalue weighted by Crippen LogP contribution is 2.23. The van der Waals surface area contributed by atoms with Crippen LogP contribution in [0, 0.1) is 13.8 Å². The zero-order valence-corrected chi connectivity index (χ0v) is 18.1. The van der Waals surface area contributed by atoms with E-state index in [1.807, 2.05) is 32.0 Å². The van der Waals surface area contributed by atoms with E-state index in [4.69, 9.17) is 4.74 Å². The van der Waals surface area contributed by atoms with Crippen LogP contribution in [-0.4, -0.2) is 64.6 Å². The number of carbonyl (C=O) groups excluding carboxylic acids is 2. The van der Waals surface area contributed by atoms with E-state index in [2.05, 4.69) is 0 Å². The van der Waals surface area contributed by atoms with E-state index >= 15 is 0 Å². The van der Waals surface area contributed by atoms with Crippen LogP contribution in [-0.2, 0) is 4.79 Å². The van der Waals surface area contributed by atoms with Crippen molar-refractivity contribution in [2.75, 3.05) is 32.8 Å². The Kier molecular flexibility index (Phi) is 7.39. The van der Waals surface area contributed by atoms with Crippen molar-refractivity contribution in [3.63, 3.8) is 0 Å². The van der Waals surface area contributed by atoms with E-state index in [1.54, 1.807) is 9.80 Å². The fraction of sp³-hybridized carbons (Fsp3) is 0.417. The van der Waals surface area contributed by atoms with E-state index < -0.39 is 0 Å². The molecule has 0 aromatic heterocycles. The number of phenolic OH excluding ortho intramolecular Hbond substituents is 2. The number of aryl methyl sites for hydroxylation is 2. The Morgan fingerprint density at radius 2 is 1.55 bits per heavy atom. The summed E-state index contributed by atoms with van der Waals surface area (Å²) < 4.78 is 5.88. The molecule has 1 heterocycles. The smallest absolute Gasteiger partial charge is 0.254 e. The SMILES string of the molecule is Cc1cccc(C)c1OCCCC(=O)N1CCCN(C(=O)c2cc(O)cc(O)c2)CC1. The lowest BCUT2D eigenvalue weighted by molar-refractivity contribution is -0.131. The maximum atomic E-state index is 12.7. The summed E-state index contributed by atoms with van der Waals surface area (Å²) in [5.74, 6) is 0.380. The summed E-state index contributed by atoms with van der Waals surface area (Å²) >= 11 is 0. The predicted octanol–water partition coefficient (Wildman–Crippen LogP) is 3.25. The number of rotatable bonds is 6. The van der Waals surface area contributed by atoms with Crippen LogP contribution < -0.4 is 4.74 Å². The average Bonchev–Trinajstić information content (AvgIpc) is 2.98. The summed E-state index contributed by atoms with van der Waals surface area (Å²) in [6.45, 7) is 6.51. The molecule has 0 saturated carbocycles. The Morgan fingerprint density at radius 1 is 0.935 bits per heavy atom. The fourth-order valence-electron chi connectivity index (χ4n) is 3.85. The number of hydrogen-bond acceptors (Lipinski definition) is 5. The first kappa shape index (κ1) is 22.5. The first-order chi connectivity index (χ1) is 14.8. The molecule has 1 saturated heterocycles. The second-order valence-electron chi connectivity index (χ2n) is 7.94. The Balaban J connectivity index is 1.47. The number of phenols is 2. The molecule has 7 heteroatoms. The second-order valence-corrected chi connectivity index (χ2v) is 7.94. The molecule has 1 aliphatic rings. The van der Waals surface area contributed by atoms with Crippen LogP contribution in [0.4, 0.5) is 0 Å². The highest BCUT2D eigenvalue weighted by molar-refractivity contribution is 5.95. The summed E-state index contributed by atoms with van der Waals surface area (Å²) in [5, 5.41) is 19.2. The molecule has 0 unspecified atom stereocenters. The number of para-hydroxylation sites is 1. The van der Waals surface area contributed by atoms with Gasteiger partial charge in [-0.05, 0) is 49.9 Å². The molecule has 2 amide bonds. The number of aromatic hydroxyl groups is 2. The van der Waals surface area contributed by atoms with Gasteiger partial charge in [-0.25, -0.2) is 0 Å². The minimum Gasteiger partial charge on any atom is -0.508 e. The molecule has 166 valence electrons. The van der Waals surface area contributed by atoms with Crippen molar-refractivity contribution in [3.05, 3.63) is 53.1 Å². The lowest BCUT2D eigenvalue weighted by Gasteiger charge is -2.22. The number of amides is 2. The quantitative estimate of drug-likeness (QED) is 0.692. The van der Waals surface area contributed by atoms with Gasteiger partial charge in [-0.15, -0.1) is 0 Å². The van der Waals surface area contributed by atoms with Crippen molar-refractivity contribution in [1.29, 1.82) is 0 Å². The number of carbonyl (C=O) groups is 2. The van der Waals surface area contributed by atoms with Gasteiger partial charge >= 0.3 is 0 Å². The van der Waals surface area contributed by atoms with Crippen LogP contribution in [0.15, 0.2) is 36.4 Å². The monoisotopic (exact) mass is 426 g/mol. The molecule has 1 fully saturated rings. The van der Waals surface area contributed by atoms with Gasteiger partial charge in [0.15, 0.2) is 0 Å². The van der Waals surface area contributed by atoms with Crippen LogP contribution >= 0.6 is 0 Å². The fourth-order valence-corrected chi connectivity index (χ4v) is 3.85. The van der Waals surface area contributed by atoms with E-state index in [0.717, 1.165) is 16.9 Å². The van der Waals surface area contributed by atoms with Crippen LogP contribution in [0.2, 0.25) is 0 Å². The third-order valence-corrected chi connectivity index (χ3v) is 5.48. The summed E-state index contributed by atoms with van der Waals surface area (Å²) in [5.41, 5.74) is 2.41. The standard InChI is InChI=1S/C24H30N2O5/c1-17-6-3-7-18(2)23(17)31-13-4-8-22(29)25-9-5-10-26(12-11-25)24(30)19-14-20(27)16-21(28)15-19/h3,6-7,14-16,27-28H,4-5,8-13H2,1-2H3. The zero-order valence-electron chi connectivity index (χ0n) is 18.1. The second kappa shape index (κ2) is 10.2. The molecule has 2 N–H and O–H groups in total. The molecular weight excluding hydrogens is 396 g/mol. The van der Waals surface area contributed by atoms with Gasteiger partial charge in [-0.2, -0.15) is 0 Å². The molecule has 3 rings (SSSR count). The third kappa shape index (κ3) is 5.90. The average molecular weight is 427 g/mol. The Labute approximate surface area is 182 Å². The van der Waals surface area contributed by atoms with Crippen molar-refractivity contribution in [3.8, 4) is 17.2 Å². The molecule has 1 aliphatic heterocycles. The molecule has 0 aliphatic carbocycles. The molecule has 0 atom stereocenters. The van der Waals surface area contributed by atoms with Crippen LogP contribution in [0.3, 0.4) is 0 Å². The highest BCUT2D eigenvalue weighted by atomic mass is 16.5. The predicted molar refractivity (Wildman–Crippen MR) is 118 cm³/mol. The number of benzene rings is 2. The first-order valence-electron chi connectivity index (χ1n) is 10.6. The Morgan fingerprint density at radius 3 is 2.23 bits per heavy atom. The summed E-state index contributed by atoms with van der Waals surface area (Å²) in [7, 11) is 0. The highest BCUT2D eigenvalue weighted by Gasteiger charge is 2.23. The van der Waals surface area contributed by atoms with E-state index in [0.29, 0.717) is 52.0 Å². The van der Waals surface area contributed by atoms with Crippen LogP contribution in [0.1, 0.15) is 40.7 Å². The number of nitrogens with zero attached hydrogens (tertiary/aromatic N) is 2. The van der Waals surface area contributed by atoms with Crippen LogP contribution in [0.5, 0.6) is 17.2 Å². The van der Waals surface area contributed by atoms with Crippen molar-refractivity contribution in [2.24, 2.45) is 0 Å². The topological polar surface area (TPSA) is 90.3 Å². The number of hydrogen-bond donors (Lipinski definition) is 2. The molecule has 31 heavy (non-hydrogen) atoms. The van der Waals surface area contributed by atoms with Crippen molar-refractivity contribution in [1.82, 2.24) is 9.80 Å². The minimum atomic E-state index is -0.262. The van der Waals surface area contributed by atoms with Gasteiger partial charge in [-0.1, -0.05) is 18.2 Å². The van der Waals surface area contributed by atoms with Crippen molar-refractivity contribution >= 4 is 11.8 Å². The molecule has 0 bridgehead atoms. The molecule has 0 radical (unpaired) electrons. The van der Waals surface area contributed by atoms with Crippen molar-refractivity contribution < 1.29 is 24.5 Å². The van der Waals surface area contributed by atoms with Gasteiger partial charge in [0.1, 0.15) is 17.2 Å². The first-order valence-corrected chi connectivity index (χ1v) is 10.6. The lowest BCUT2D eigenvalue weighted by Crippen LogP contribution is -2.37. The molecule has 2 aromatic rings.